The molecule has 0 amide bonds. The smallest absolute Gasteiger partial charge is 0.244 e. The second-order valence-electron chi connectivity index (χ2n) is 6.46. The molecule has 1 aliphatic heterocycles. The second kappa shape index (κ2) is 8.23. The molecule has 0 bridgehead atoms. The second-order valence-corrected chi connectivity index (χ2v) is 9.15. The number of sulfonamides is 1. The lowest BCUT2D eigenvalue weighted by Gasteiger charge is -2.34. The van der Waals surface area contributed by atoms with Crippen molar-refractivity contribution < 1.29 is 8.42 Å². The van der Waals surface area contributed by atoms with Crippen LogP contribution in [0.15, 0.2) is 59.8 Å². The molecule has 3 heterocycles. The Morgan fingerprint density at radius 2 is 1.59 bits per heavy atom. The first kappa shape index (κ1) is 20.0. The number of nitrogens with zero attached hydrogens (tertiary/aromatic N) is 5. The van der Waals surface area contributed by atoms with E-state index in [0.717, 1.165) is 11.3 Å². The van der Waals surface area contributed by atoms with E-state index in [1.807, 2.05) is 29.2 Å². The summed E-state index contributed by atoms with van der Waals surface area (Å²) in [5.74, 6) is 0.709. The maximum absolute atomic E-state index is 12.9. The quantitative estimate of drug-likeness (QED) is 0.607. The molecule has 0 unspecified atom stereocenters. The van der Waals surface area contributed by atoms with Gasteiger partial charge < -0.3 is 4.90 Å². The molecule has 0 aliphatic carbocycles. The lowest BCUT2D eigenvalue weighted by atomic mass is 10.2. The molecule has 0 atom stereocenters. The molecule has 150 valence electrons. The van der Waals surface area contributed by atoms with Crippen molar-refractivity contribution in [2.75, 3.05) is 31.1 Å². The molecule has 0 spiro atoms. The molecule has 0 radical (unpaired) electrons. The predicted octanol–water partition coefficient (Wildman–Crippen LogP) is 3.36. The fraction of sp³-hybridized carbons (Fsp3) is 0.211. The Morgan fingerprint density at radius 3 is 2.24 bits per heavy atom. The minimum absolute atomic E-state index is 0.0293. The minimum atomic E-state index is -3.72. The molecule has 29 heavy (non-hydrogen) atoms. The summed E-state index contributed by atoms with van der Waals surface area (Å²) in [5, 5.41) is 8.84. The zero-order valence-corrected chi connectivity index (χ0v) is 17.6. The summed E-state index contributed by atoms with van der Waals surface area (Å²) in [6.07, 6.45) is 3.41. The molecular weight excluding hydrogens is 433 g/mol. The molecule has 2 aromatic heterocycles. The largest absolute Gasteiger partial charge is 0.352 e. The van der Waals surface area contributed by atoms with E-state index in [9.17, 15) is 8.42 Å². The van der Waals surface area contributed by atoms with Gasteiger partial charge in [-0.25, -0.2) is 8.42 Å². The highest BCUT2D eigenvalue weighted by atomic mass is 35.5. The van der Waals surface area contributed by atoms with Crippen molar-refractivity contribution in [3.8, 4) is 11.3 Å². The zero-order chi connectivity index (χ0) is 20.4. The summed E-state index contributed by atoms with van der Waals surface area (Å²) in [6.45, 7) is 1.64. The summed E-state index contributed by atoms with van der Waals surface area (Å²) < 4.78 is 27.3. The standard InChI is InChI=1S/C19H17Cl2N5O2S/c20-15-2-1-3-17(19(15)21)29(27,28)26-12-10-25(11-13-26)18-5-4-16(23-24-18)14-6-8-22-9-7-14/h1-9H,10-13H2. The highest BCUT2D eigenvalue weighted by molar-refractivity contribution is 7.89. The monoisotopic (exact) mass is 449 g/mol. The Bertz CT molecular complexity index is 1100. The van der Waals surface area contributed by atoms with Crippen molar-refractivity contribution in [2.24, 2.45) is 0 Å². The molecular formula is C19H17Cl2N5O2S. The van der Waals surface area contributed by atoms with E-state index in [1.54, 1.807) is 24.5 Å². The molecule has 1 saturated heterocycles. The molecule has 0 N–H and O–H groups in total. The lowest BCUT2D eigenvalue weighted by molar-refractivity contribution is 0.383. The topological polar surface area (TPSA) is 79.3 Å². The molecule has 7 nitrogen and oxygen atoms in total. The molecule has 3 aromatic rings. The van der Waals surface area contributed by atoms with E-state index in [1.165, 1.54) is 10.4 Å². The highest BCUT2D eigenvalue weighted by Gasteiger charge is 2.31. The number of anilines is 1. The Labute approximate surface area is 179 Å². The maximum Gasteiger partial charge on any atom is 0.244 e. The number of piperazine rings is 1. The summed E-state index contributed by atoms with van der Waals surface area (Å²) in [7, 11) is -3.72. The number of hydrogen-bond donors (Lipinski definition) is 0. The van der Waals surface area contributed by atoms with Crippen LogP contribution in [0.25, 0.3) is 11.3 Å². The van der Waals surface area contributed by atoms with Gasteiger partial charge in [0.05, 0.1) is 15.7 Å². The molecule has 1 fully saturated rings. The van der Waals surface area contributed by atoms with Gasteiger partial charge in [-0.1, -0.05) is 29.3 Å². The predicted molar refractivity (Wildman–Crippen MR) is 113 cm³/mol. The van der Waals surface area contributed by atoms with Crippen molar-refractivity contribution in [3.63, 3.8) is 0 Å². The minimum Gasteiger partial charge on any atom is -0.352 e. The van der Waals surface area contributed by atoms with Crippen LogP contribution < -0.4 is 4.90 Å². The zero-order valence-electron chi connectivity index (χ0n) is 15.2. The Kier molecular flexibility index (Phi) is 5.69. The average Bonchev–Trinajstić information content (AvgIpc) is 2.76. The lowest BCUT2D eigenvalue weighted by Crippen LogP contribution is -2.49. The fourth-order valence-electron chi connectivity index (χ4n) is 3.15. The number of aromatic nitrogens is 3. The van der Waals surface area contributed by atoms with Gasteiger partial charge in [-0.3, -0.25) is 4.98 Å². The van der Waals surface area contributed by atoms with Crippen molar-refractivity contribution in [2.45, 2.75) is 4.90 Å². The molecule has 0 saturated carbocycles. The Balaban J connectivity index is 1.46. The van der Waals surface area contributed by atoms with E-state index in [4.69, 9.17) is 23.2 Å². The third-order valence-corrected chi connectivity index (χ3v) is 7.60. The van der Waals surface area contributed by atoms with Crippen molar-refractivity contribution in [1.29, 1.82) is 0 Å². The van der Waals surface area contributed by atoms with E-state index in [2.05, 4.69) is 15.2 Å². The van der Waals surface area contributed by atoms with Gasteiger partial charge in [0.15, 0.2) is 5.82 Å². The van der Waals surface area contributed by atoms with Crippen LogP contribution in [0.2, 0.25) is 10.0 Å². The summed E-state index contributed by atoms with van der Waals surface area (Å²) in [5.41, 5.74) is 1.70. The van der Waals surface area contributed by atoms with Crippen LogP contribution in [0.5, 0.6) is 0 Å². The molecule has 1 aromatic carbocycles. The molecule has 4 rings (SSSR count). The first-order chi connectivity index (χ1) is 14.0. The average molecular weight is 450 g/mol. The van der Waals surface area contributed by atoms with Crippen LogP contribution in [-0.4, -0.2) is 54.1 Å². The van der Waals surface area contributed by atoms with Crippen molar-refractivity contribution in [3.05, 3.63) is 64.9 Å². The first-order valence-corrected chi connectivity index (χ1v) is 11.1. The summed E-state index contributed by atoms with van der Waals surface area (Å²) in [6, 6.07) is 12.1. The number of rotatable bonds is 4. The Hall–Kier alpha value is -2.26. The van der Waals surface area contributed by atoms with Crippen LogP contribution in [0, 0.1) is 0 Å². The van der Waals surface area contributed by atoms with Gasteiger partial charge in [-0.05, 0) is 36.4 Å². The van der Waals surface area contributed by atoms with E-state index < -0.39 is 10.0 Å². The van der Waals surface area contributed by atoms with E-state index in [0.29, 0.717) is 32.0 Å². The summed E-state index contributed by atoms with van der Waals surface area (Å²) >= 11 is 12.1. The molecule has 10 heteroatoms. The van der Waals surface area contributed by atoms with Gasteiger partial charge >= 0.3 is 0 Å². The Morgan fingerprint density at radius 1 is 0.862 bits per heavy atom. The van der Waals surface area contributed by atoms with Crippen LogP contribution >= 0.6 is 23.2 Å². The van der Waals surface area contributed by atoms with Gasteiger partial charge in [0, 0.05) is 44.1 Å². The fourth-order valence-corrected chi connectivity index (χ4v) is 5.31. The van der Waals surface area contributed by atoms with Crippen molar-refractivity contribution in [1.82, 2.24) is 19.5 Å². The van der Waals surface area contributed by atoms with Gasteiger partial charge in [-0.2, -0.15) is 4.31 Å². The van der Waals surface area contributed by atoms with Crippen LogP contribution in [0.4, 0.5) is 5.82 Å². The van der Waals surface area contributed by atoms with Crippen molar-refractivity contribution >= 4 is 39.0 Å². The number of halogens is 2. The number of pyridine rings is 1. The highest BCUT2D eigenvalue weighted by Crippen LogP contribution is 2.31. The van der Waals surface area contributed by atoms with Crippen LogP contribution in [0.3, 0.4) is 0 Å². The van der Waals surface area contributed by atoms with Gasteiger partial charge in [-0.15, -0.1) is 10.2 Å². The van der Waals surface area contributed by atoms with Gasteiger partial charge in [0.25, 0.3) is 0 Å². The third kappa shape index (κ3) is 4.06. The van der Waals surface area contributed by atoms with E-state index >= 15 is 0 Å². The third-order valence-electron chi connectivity index (χ3n) is 4.72. The van der Waals surface area contributed by atoms with Gasteiger partial charge in [0.1, 0.15) is 4.90 Å². The SMILES string of the molecule is O=S(=O)(c1cccc(Cl)c1Cl)N1CCN(c2ccc(-c3ccncc3)nn2)CC1. The maximum atomic E-state index is 12.9. The normalized spacial score (nSPS) is 15.4. The number of hydrogen-bond acceptors (Lipinski definition) is 6. The van der Waals surface area contributed by atoms with E-state index in [-0.39, 0.29) is 14.9 Å². The van der Waals surface area contributed by atoms with Crippen LogP contribution in [-0.2, 0) is 10.0 Å². The molecule has 1 aliphatic rings. The summed E-state index contributed by atoms with van der Waals surface area (Å²) in [4.78, 5) is 6.03. The number of benzene rings is 1. The first-order valence-electron chi connectivity index (χ1n) is 8.90. The van der Waals surface area contributed by atoms with Gasteiger partial charge in [0.2, 0.25) is 10.0 Å². The van der Waals surface area contributed by atoms with Crippen LogP contribution in [0.1, 0.15) is 0 Å².